The molecule has 0 unspecified atom stereocenters. The van der Waals surface area contributed by atoms with Crippen LogP contribution in [0.25, 0.3) is 10.2 Å². The summed E-state index contributed by atoms with van der Waals surface area (Å²) >= 11 is 0.980. The quantitative estimate of drug-likeness (QED) is 0.609. The number of fused-ring (bicyclic) bond motifs is 1. The van der Waals surface area contributed by atoms with Crippen molar-refractivity contribution in [3.05, 3.63) is 51.8 Å². The van der Waals surface area contributed by atoms with E-state index in [9.17, 15) is 18.0 Å². The van der Waals surface area contributed by atoms with E-state index in [1.165, 1.54) is 18.3 Å². The molecule has 10 heteroatoms. The van der Waals surface area contributed by atoms with E-state index < -0.39 is 10.0 Å². The van der Waals surface area contributed by atoms with Crippen LogP contribution in [0.2, 0.25) is 0 Å². The van der Waals surface area contributed by atoms with E-state index in [-0.39, 0.29) is 34.5 Å². The second-order valence-corrected chi connectivity index (χ2v) is 10.3. The molecule has 1 amide bonds. The Morgan fingerprint density at radius 3 is 2.68 bits per heavy atom. The standard InChI is InChI=1S/C21H24N4O4S2/c1-15-7-9-22-19(13-15)23-31(28,29)16-5-6-17-18(14-16)30-21(27)25(17)12-8-20(26)24-10-3-2-4-11-24/h5-7,9,13-14H,2-4,8,10-12H2,1H3,(H,22,23). The predicted molar refractivity (Wildman–Crippen MR) is 121 cm³/mol. The fourth-order valence-electron chi connectivity index (χ4n) is 3.72. The number of hydrogen-bond acceptors (Lipinski definition) is 6. The number of thiazole rings is 1. The number of amides is 1. The first-order valence-electron chi connectivity index (χ1n) is 10.2. The molecule has 4 rings (SSSR count). The van der Waals surface area contributed by atoms with Crippen molar-refractivity contribution < 1.29 is 13.2 Å². The molecule has 8 nitrogen and oxygen atoms in total. The van der Waals surface area contributed by atoms with Gasteiger partial charge in [-0.1, -0.05) is 11.3 Å². The Kier molecular flexibility index (Phi) is 6.10. The number of nitrogens with zero attached hydrogens (tertiary/aromatic N) is 3. The van der Waals surface area contributed by atoms with E-state index in [0.717, 1.165) is 49.3 Å². The number of hydrogen-bond donors (Lipinski definition) is 1. The molecule has 164 valence electrons. The van der Waals surface area contributed by atoms with Crippen molar-refractivity contribution in [2.75, 3.05) is 17.8 Å². The van der Waals surface area contributed by atoms with Crippen molar-refractivity contribution in [2.24, 2.45) is 0 Å². The van der Waals surface area contributed by atoms with Crippen molar-refractivity contribution in [3.8, 4) is 0 Å². The summed E-state index contributed by atoms with van der Waals surface area (Å²) in [6, 6.07) is 8.00. The normalized spacial score (nSPS) is 14.7. The third-order valence-corrected chi connectivity index (χ3v) is 7.66. The third kappa shape index (κ3) is 4.80. The van der Waals surface area contributed by atoms with Crippen LogP contribution < -0.4 is 9.60 Å². The van der Waals surface area contributed by atoms with E-state index in [2.05, 4.69) is 9.71 Å². The number of carbonyl (C=O) groups is 1. The Hall–Kier alpha value is -2.72. The molecule has 0 aliphatic carbocycles. The van der Waals surface area contributed by atoms with Gasteiger partial charge in [-0.05, 0) is 62.1 Å². The molecule has 1 saturated heterocycles. The average molecular weight is 461 g/mol. The zero-order valence-electron chi connectivity index (χ0n) is 17.2. The second-order valence-electron chi connectivity index (χ2n) is 7.66. The van der Waals surface area contributed by atoms with E-state index in [4.69, 9.17) is 0 Å². The average Bonchev–Trinajstić information content (AvgIpc) is 3.06. The number of anilines is 1. The predicted octanol–water partition coefficient (Wildman–Crippen LogP) is 2.97. The smallest absolute Gasteiger partial charge is 0.308 e. The van der Waals surface area contributed by atoms with Gasteiger partial charge in [-0.15, -0.1) is 0 Å². The number of piperidine rings is 1. The fraction of sp³-hybridized carbons (Fsp3) is 0.381. The highest BCUT2D eigenvalue weighted by Gasteiger charge is 2.20. The lowest BCUT2D eigenvalue weighted by Gasteiger charge is -2.26. The molecule has 1 fully saturated rings. The molecular formula is C21H24N4O4S2. The zero-order chi connectivity index (χ0) is 22.0. The number of sulfonamides is 1. The van der Waals surface area contributed by atoms with E-state index in [1.54, 1.807) is 22.8 Å². The van der Waals surface area contributed by atoms with E-state index >= 15 is 0 Å². The zero-order valence-corrected chi connectivity index (χ0v) is 18.8. The molecule has 0 atom stereocenters. The molecule has 0 spiro atoms. The Labute approximate surface area is 184 Å². The van der Waals surface area contributed by atoms with Crippen LogP contribution in [0.5, 0.6) is 0 Å². The van der Waals surface area contributed by atoms with Gasteiger partial charge in [-0.3, -0.25) is 18.9 Å². The summed E-state index contributed by atoms with van der Waals surface area (Å²) in [4.78, 5) is 30.7. The van der Waals surface area contributed by atoms with Crippen molar-refractivity contribution in [1.29, 1.82) is 0 Å². The lowest BCUT2D eigenvalue weighted by atomic mass is 10.1. The van der Waals surface area contributed by atoms with Crippen LogP contribution in [-0.2, 0) is 21.4 Å². The van der Waals surface area contributed by atoms with Gasteiger partial charge < -0.3 is 4.90 Å². The SMILES string of the molecule is Cc1ccnc(NS(=O)(=O)c2ccc3c(c2)sc(=O)n3CCC(=O)N2CCCCC2)c1. The van der Waals surface area contributed by atoms with Gasteiger partial charge >= 0.3 is 4.87 Å². The Bertz CT molecular complexity index is 1270. The van der Waals surface area contributed by atoms with Gasteiger partial charge in [0, 0.05) is 32.3 Å². The number of likely N-dealkylation sites (tertiary alicyclic amines) is 1. The molecule has 3 heterocycles. The summed E-state index contributed by atoms with van der Waals surface area (Å²) in [5.41, 5.74) is 1.52. The molecule has 31 heavy (non-hydrogen) atoms. The van der Waals surface area contributed by atoms with E-state index in [1.807, 2.05) is 11.8 Å². The Morgan fingerprint density at radius 1 is 1.16 bits per heavy atom. The summed E-state index contributed by atoms with van der Waals surface area (Å²) in [6.45, 7) is 3.69. The molecule has 2 aromatic heterocycles. The number of rotatable bonds is 6. The highest BCUT2D eigenvalue weighted by Crippen LogP contribution is 2.24. The van der Waals surface area contributed by atoms with Crippen LogP contribution in [0.4, 0.5) is 5.82 Å². The Balaban J connectivity index is 1.54. The number of aryl methyl sites for hydroxylation is 2. The molecule has 0 bridgehead atoms. The van der Waals surface area contributed by atoms with Crippen molar-refractivity contribution >= 4 is 43.3 Å². The van der Waals surface area contributed by atoms with Gasteiger partial charge in [0.15, 0.2) is 0 Å². The minimum absolute atomic E-state index is 0.0556. The minimum atomic E-state index is -3.84. The van der Waals surface area contributed by atoms with Gasteiger partial charge in [-0.2, -0.15) is 0 Å². The van der Waals surface area contributed by atoms with Crippen molar-refractivity contribution in [1.82, 2.24) is 14.5 Å². The van der Waals surface area contributed by atoms with Crippen LogP contribution in [0, 0.1) is 6.92 Å². The molecule has 1 N–H and O–H groups in total. The molecule has 3 aromatic rings. The first-order chi connectivity index (χ1) is 14.8. The lowest BCUT2D eigenvalue weighted by molar-refractivity contribution is -0.132. The molecule has 1 aromatic carbocycles. The minimum Gasteiger partial charge on any atom is -0.343 e. The van der Waals surface area contributed by atoms with Crippen LogP contribution >= 0.6 is 11.3 Å². The number of benzene rings is 1. The largest absolute Gasteiger partial charge is 0.343 e. The highest BCUT2D eigenvalue weighted by atomic mass is 32.2. The maximum Gasteiger partial charge on any atom is 0.308 e. The number of pyridine rings is 1. The third-order valence-electron chi connectivity index (χ3n) is 5.36. The van der Waals surface area contributed by atoms with Gasteiger partial charge in [-0.25, -0.2) is 13.4 Å². The van der Waals surface area contributed by atoms with Crippen LogP contribution in [-0.4, -0.2) is 41.9 Å². The lowest BCUT2D eigenvalue weighted by Crippen LogP contribution is -2.36. The van der Waals surface area contributed by atoms with Gasteiger partial charge in [0.25, 0.3) is 10.0 Å². The summed E-state index contributed by atoms with van der Waals surface area (Å²) in [5.74, 6) is 0.294. The summed E-state index contributed by atoms with van der Waals surface area (Å²) < 4.78 is 30.1. The van der Waals surface area contributed by atoms with Gasteiger partial charge in [0.2, 0.25) is 5.91 Å². The molecule has 0 radical (unpaired) electrons. The maximum absolute atomic E-state index is 12.8. The van der Waals surface area contributed by atoms with Crippen molar-refractivity contribution in [3.63, 3.8) is 0 Å². The van der Waals surface area contributed by atoms with Crippen LogP contribution in [0.3, 0.4) is 0 Å². The summed E-state index contributed by atoms with van der Waals surface area (Å²) in [5, 5.41) is 0. The van der Waals surface area contributed by atoms with Crippen molar-refractivity contribution in [2.45, 2.75) is 44.0 Å². The maximum atomic E-state index is 12.8. The number of aromatic nitrogens is 2. The first kappa shape index (κ1) is 21.5. The monoisotopic (exact) mass is 460 g/mol. The summed E-state index contributed by atoms with van der Waals surface area (Å²) in [7, 11) is -3.84. The van der Waals surface area contributed by atoms with Crippen LogP contribution in [0.15, 0.2) is 46.2 Å². The first-order valence-corrected chi connectivity index (χ1v) is 12.5. The highest BCUT2D eigenvalue weighted by molar-refractivity contribution is 7.92. The number of carbonyl (C=O) groups excluding carboxylic acids is 1. The second kappa shape index (κ2) is 8.80. The number of nitrogens with one attached hydrogen (secondary N) is 1. The topological polar surface area (TPSA) is 101 Å². The van der Waals surface area contributed by atoms with E-state index in [0.29, 0.717) is 10.2 Å². The molecule has 1 aliphatic rings. The fourth-order valence-corrected chi connectivity index (χ4v) is 5.78. The Morgan fingerprint density at radius 2 is 1.94 bits per heavy atom. The molecule has 1 aliphatic heterocycles. The van der Waals surface area contributed by atoms with Crippen LogP contribution in [0.1, 0.15) is 31.2 Å². The summed E-state index contributed by atoms with van der Waals surface area (Å²) in [6.07, 6.45) is 4.99. The molecular weight excluding hydrogens is 436 g/mol. The van der Waals surface area contributed by atoms with Gasteiger partial charge in [0.05, 0.1) is 15.1 Å². The van der Waals surface area contributed by atoms with Gasteiger partial charge in [0.1, 0.15) is 5.82 Å². The molecule has 0 saturated carbocycles.